The van der Waals surface area contributed by atoms with Crippen LogP contribution in [0.25, 0.3) is 17.2 Å². The summed E-state index contributed by atoms with van der Waals surface area (Å²) < 4.78 is 6.64. The van der Waals surface area contributed by atoms with Gasteiger partial charge in [-0.15, -0.1) is 5.10 Å². The summed E-state index contributed by atoms with van der Waals surface area (Å²) in [5.74, 6) is 1.98. The van der Waals surface area contributed by atoms with Gasteiger partial charge in [0.15, 0.2) is 5.82 Å². The van der Waals surface area contributed by atoms with E-state index in [0.717, 1.165) is 16.9 Å². The second-order valence-electron chi connectivity index (χ2n) is 5.67. The molecule has 26 heavy (non-hydrogen) atoms. The molecule has 4 rings (SSSR count). The fourth-order valence-corrected chi connectivity index (χ4v) is 2.83. The Balaban J connectivity index is 1.77. The van der Waals surface area contributed by atoms with Gasteiger partial charge in [0.2, 0.25) is 5.95 Å². The maximum Gasteiger partial charge on any atom is 0.228 e. The van der Waals surface area contributed by atoms with Crippen LogP contribution in [0.4, 0.5) is 5.95 Å². The van der Waals surface area contributed by atoms with Gasteiger partial charge in [0.25, 0.3) is 0 Å². The molecule has 0 spiro atoms. The minimum absolute atomic E-state index is 0.259. The Morgan fingerprint density at radius 2 is 1.92 bits per heavy atom. The van der Waals surface area contributed by atoms with Gasteiger partial charge in [-0.05, 0) is 29.8 Å². The fraction of sp³-hybridized carbons (Fsp3) is 0.111. The Morgan fingerprint density at radius 3 is 2.58 bits per heavy atom. The van der Waals surface area contributed by atoms with E-state index in [2.05, 4.69) is 26.5 Å². The van der Waals surface area contributed by atoms with Crippen LogP contribution in [0.15, 0.2) is 54.4 Å². The van der Waals surface area contributed by atoms with Crippen molar-refractivity contribution < 1.29 is 4.74 Å². The molecule has 0 fully saturated rings. The number of nitrogens with zero attached hydrogens (tertiary/aromatic N) is 5. The lowest BCUT2D eigenvalue weighted by Gasteiger charge is -2.25. The quantitative estimate of drug-likeness (QED) is 0.747. The zero-order chi connectivity index (χ0) is 18.1. The Bertz CT molecular complexity index is 1020. The van der Waals surface area contributed by atoms with Crippen molar-refractivity contribution in [2.45, 2.75) is 6.04 Å². The van der Waals surface area contributed by atoms with E-state index in [1.165, 1.54) is 4.68 Å². The normalized spacial score (nSPS) is 15.8. The molecule has 1 aromatic carbocycles. The van der Waals surface area contributed by atoms with Gasteiger partial charge >= 0.3 is 0 Å². The number of ether oxygens (including phenoxy) is 1. The lowest BCUT2D eigenvalue weighted by molar-refractivity contribution is 0.414. The van der Waals surface area contributed by atoms with Crippen molar-refractivity contribution in [3.05, 3.63) is 59.9 Å². The molecule has 8 nitrogen and oxygen atoms in total. The van der Waals surface area contributed by atoms with Crippen molar-refractivity contribution in [1.82, 2.24) is 19.7 Å². The summed E-state index contributed by atoms with van der Waals surface area (Å²) in [5, 5.41) is 17.3. The largest absolute Gasteiger partial charge is 0.497 e. The number of nitrogens with one attached hydrogen (secondary N) is 1. The maximum absolute atomic E-state index is 9.62. The molecular weight excluding hydrogens is 330 g/mol. The first-order valence-electron chi connectivity index (χ1n) is 7.89. The summed E-state index contributed by atoms with van der Waals surface area (Å²) in [6.45, 7) is 0. The molecule has 0 saturated heterocycles. The van der Waals surface area contributed by atoms with Crippen molar-refractivity contribution in [3.63, 3.8) is 0 Å². The second kappa shape index (κ2) is 6.22. The number of anilines is 1. The molecule has 3 heterocycles. The van der Waals surface area contributed by atoms with E-state index in [4.69, 9.17) is 10.5 Å². The Hall–Kier alpha value is -3.86. The number of nitrogens with two attached hydrogens (primary N) is 1. The van der Waals surface area contributed by atoms with Gasteiger partial charge in [-0.3, -0.25) is 4.98 Å². The van der Waals surface area contributed by atoms with Gasteiger partial charge in [-0.25, -0.2) is 0 Å². The van der Waals surface area contributed by atoms with Crippen molar-refractivity contribution >= 4 is 11.8 Å². The number of fused-ring (bicyclic) bond motifs is 1. The molecule has 1 unspecified atom stereocenters. The average molecular weight is 345 g/mol. The third kappa shape index (κ3) is 2.52. The highest BCUT2D eigenvalue weighted by Gasteiger charge is 2.29. The molecule has 1 atom stereocenters. The molecule has 1 aliphatic rings. The zero-order valence-electron chi connectivity index (χ0n) is 13.9. The highest BCUT2D eigenvalue weighted by Crippen LogP contribution is 2.34. The van der Waals surface area contributed by atoms with Crippen molar-refractivity contribution in [2.24, 2.45) is 5.73 Å². The molecular formula is C18H15N7O. The van der Waals surface area contributed by atoms with E-state index in [1.807, 2.05) is 36.4 Å². The third-order valence-corrected chi connectivity index (χ3v) is 4.18. The molecule has 0 aliphatic carbocycles. The number of nitriles is 1. The fourth-order valence-electron chi connectivity index (χ4n) is 2.83. The lowest BCUT2D eigenvalue weighted by Crippen LogP contribution is -2.27. The minimum Gasteiger partial charge on any atom is -0.497 e. The summed E-state index contributed by atoms with van der Waals surface area (Å²) >= 11 is 0. The summed E-state index contributed by atoms with van der Waals surface area (Å²) in [6, 6.07) is 12.8. The van der Waals surface area contributed by atoms with Crippen LogP contribution in [0.2, 0.25) is 0 Å². The van der Waals surface area contributed by atoms with Gasteiger partial charge in [0.05, 0.1) is 18.7 Å². The van der Waals surface area contributed by atoms with Gasteiger partial charge < -0.3 is 15.8 Å². The topological polar surface area (TPSA) is 115 Å². The molecule has 2 aromatic heterocycles. The highest BCUT2D eigenvalue weighted by molar-refractivity contribution is 5.68. The summed E-state index contributed by atoms with van der Waals surface area (Å²) in [5.41, 5.74) is 8.30. The van der Waals surface area contributed by atoms with Crippen molar-refractivity contribution in [2.75, 3.05) is 12.4 Å². The number of hydrogen-bond donors (Lipinski definition) is 2. The molecule has 1 aliphatic heterocycles. The van der Waals surface area contributed by atoms with Crippen LogP contribution in [0.5, 0.6) is 5.75 Å². The predicted molar refractivity (Wildman–Crippen MR) is 95.6 cm³/mol. The number of aromatic nitrogens is 4. The third-order valence-electron chi connectivity index (χ3n) is 4.18. The zero-order valence-corrected chi connectivity index (χ0v) is 13.9. The molecule has 128 valence electrons. The number of benzene rings is 1. The number of hydrogen-bond acceptors (Lipinski definition) is 7. The molecule has 3 N–H and O–H groups in total. The summed E-state index contributed by atoms with van der Waals surface area (Å²) in [4.78, 5) is 8.51. The van der Waals surface area contributed by atoms with Crippen LogP contribution in [-0.4, -0.2) is 26.9 Å². The van der Waals surface area contributed by atoms with E-state index in [-0.39, 0.29) is 5.82 Å². The van der Waals surface area contributed by atoms with E-state index >= 15 is 0 Å². The Kier molecular flexibility index (Phi) is 3.74. The van der Waals surface area contributed by atoms with Crippen molar-refractivity contribution in [1.29, 1.82) is 5.26 Å². The Morgan fingerprint density at radius 1 is 1.19 bits per heavy atom. The first-order chi connectivity index (χ1) is 12.7. The summed E-state index contributed by atoms with van der Waals surface area (Å²) in [7, 11) is 1.61. The van der Waals surface area contributed by atoms with Crippen LogP contribution in [0, 0.1) is 11.3 Å². The maximum atomic E-state index is 9.62. The molecule has 3 aromatic rings. The van der Waals surface area contributed by atoms with Gasteiger partial charge in [-0.2, -0.15) is 14.9 Å². The summed E-state index contributed by atoms with van der Waals surface area (Å²) in [6.07, 6.45) is 3.34. The molecule has 0 radical (unpaired) electrons. The first kappa shape index (κ1) is 15.7. The van der Waals surface area contributed by atoms with Crippen LogP contribution >= 0.6 is 0 Å². The Labute approximate surface area is 149 Å². The minimum atomic E-state index is -0.409. The standard InChI is InChI=1S/C18H15N7O/c1-26-13-4-2-11(3-5-13)15-14(10-19)16(20)25-18(22-15)23-17(24-25)12-6-8-21-9-7-12/h2-9,15H,20H2,1H3,(H,22,23,24). The number of pyridine rings is 1. The van der Waals surface area contributed by atoms with Gasteiger partial charge in [0.1, 0.15) is 17.6 Å². The number of rotatable bonds is 3. The number of methoxy groups -OCH3 is 1. The van der Waals surface area contributed by atoms with Gasteiger partial charge in [-0.1, -0.05) is 12.1 Å². The lowest BCUT2D eigenvalue weighted by atomic mass is 9.98. The van der Waals surface area contributed by atoms with E-state index in [0.29, 0.717) is 17.3 Å². The van der Waals surface area contributed by atoms with Crippen LogP contribution in [-0.2, 0) is 0 Å². The molecule has 0 bridgehead atoms. The smallest absolute Gasteiger partial charge is 0.228 e. The first-order valence-corrected chi connectivity index (χ1v) is 7.89. The highest BCUT2D eigenvalue weighted by atomic mass is 16.5. The predicted octanol–water partition coefficient (Wildman–Crippen LogP) is 2.17. The van der Waals surface area contributed by atoms with Crippen LogP contribution in [0.3, 0.4) is 0 Å². The molecule has 0 amide bonds. The van der Waals surface area contributed by atoms with E-state index in [1.54, 1.807) is 19.5 Å². The van der Waals surface area contributed by atoms with E-state index in [9.17, 15) is 5.26 Å². The van der Waals surface area contributed by atoms with E-state index < -0.39 is 6.04 Å². The SMILES string of the molecule is COc1ccc(C2Nc3nc(-c4ccncc4)nn3C(N)=C2C#N)cc1. The monoisotopic (exact) mass is 345 g/mol. The van der Waals surface area contributed by atoms with Crippen molar-refractivity contribution in [3.8, 4) is 23.2 Å². The second-order valence-corrected chi connectivity index (χ2v) is 5.67. The van der Waals surface area contributed by atoms with Gasteiger partial charge in [0, 0.05) is 18.0 Å². The van der Waals surface area contributed by atoms with Crippen LogP contribution < -0.4 is 15.8 Å². The van der Waals surface area contributed by atoms with Crippen LogP contribution in [0.1, 0.15) is 11.6 Å². The molecule has 8 heteroatoms. The molecule has 0 saturated carbocycles. The average Bonchev–Trinajstić information content (AvgIpc) is 3.13.